The van der Waals surface area contributed by atoms with Crippen LogP contribution in [0, 0.1) is 0 Å². The van der Waals surface area contributed by atoms with Crippen LogP contribution in [0.4, 0.5) is 5.69 Å². The topological polar surface area (TPSA) is 48.3 Å². The molecule has 17 heavy (non-hydrogen) atoms. The molecular weight excluding hydrogens is 218 g/mol. The number of aryl methyl sites for hydroxylation is 2. The van der Waals surface area contributed by atoms with Gasteiger partial charge >= 0.3 is 0 Å². The van der Waals surface area contributed by atoms with Gasteiger partial charge in [0.15, 0.2) is 0 Å². The van der Waals surface area contributed by atoms with Gasteiger partial charge in [0.2, 0.25) is 0 Å². The summed E-state index contributed by atoms with van der Waals surface area (Å²) in [4.78, 5) is 0. The largest absolute Gasteiger partial charge is 0.382 e. The monoisotopic (exact) mass is 241 g/mol. The van der Waals surface area contributed by atoms with Gasteiger partial charge in [0.25, 0.3) is 0 Å². The second-order valence-electron chi connectivity index (χ2n) is 3.90. The summed E-state index contributed by atoms with van der Waals surface area (Å²) >= 11 is 0. The number of ether oxygens (including phenoxy) is 2. The third-order valence-corrected chi connectivity index (χ3v) is 2.45. The lowest BCUT2D eigenvalue weighted by molar-refractivity contribution is 0.0705. The van der Waals surface area contributed by atoms with E-state index in [-0.39, 0.29) is 0 Å². The molecule has 0 unspecified atom stereocenters. The number of methoxy groups -OCH3 is 1. The molecule has 0 fully saturated rings. The van der Waals surface area contributed by atoms with E-state index >= 15 is 0 Å². The Morgan fingerprint density at radius 1 is 1.35 bits per heavy atom. The summed E-state index contributed by atoms with van der Waals surface area (Å²) in [5, 5.41) is 7.76. The van der Waals surface area contributed by atoms with Gasteiger partial charge in [-0.15, -0.1) is 0 Å². The van der Waals surface area contributed by atoms with Crippen LogP contribution in [0.15, 0.2) is 6.20 Å². The summed E-state index contributed by atoms with van der Waals surface area (Å²) in [7, 11) is 3.62. The van der Waals surface area contributed by atoms with Crippen LogP contribution in [-0.2, 0) is 22.9 Å². The Labute approximate surface area is 103 Å². The Morgan fingerprint density at radius 3 is 2.88 bits per heavy atom. The van der Waals surface area contributed by atoms with E-state index in [0.29, 0.717) is 13.2 Å². The van der Waals surface area contributed by atoms with E-state index in [2.05, 4.69) is 17.3 Å². The fraction of sp³-hybridized carbons (Fsp3) is 0.750. The number of hydrogen-bond donors (Lipinski definition) is 1. The normalized spacial score (nSPS) is 10.8. The Hall–Kier alpha value is -1.07. The van der Waals surface area contributed by atoms with Crippen LogP contribution in [0.3, 0.4) is 0 Å². The average Bonchev–Trinajstić information content (AvgIpc) is 2.68. The molecule has 0 amide bonds. The number of anilines is 1. The molecule has 1 aromatic rings. The van der Waals surface area contributed by atoms with Crippen molar-refractivity contribution in [1.29, 1.82) is 0 Å². The molecule has 0 aliphatic heterocycles. The molecule has 1 aromatic heterocycles. The van der Waals surface area contributed by atoms with Crippen LogP contribution >= 0.6 is 0 Å². The molecule has 1 N–H and O–H groups in total. The number of aromatic nitrogens is 2. The molecular formula is C12H23N3O2. The van der Waals surface area contributed by atoms with Gasteiger partial charge < -0.3 is 14.8 Å². The van der Waals surface area contributed by atoms with Gasteiger partial charge in [-0.25, -0.2) is 0 Å². The van der Waals surface area contributed by atoms with Crippen LogP contribution in [0.1, 0.15) is 19.0 Å². The van der Waals surface area contributed by atoms with E-state index in [1.54, 1.807) is 7.11 Å². The van der Waals surface area contributed by atoms with E-state index in [9.17, 15) is 0 Å². The first-order valence-electron chi connectivity index (χ1n) is 6.11. The third kappa shape index (κ3) is 5.19. The quantitative estimate of drug-likeness (QED) is 0.665. The lowest BCUT2D eigenvalue weighted by Gasteiger charge is -2.06. The van der Waals surface area contributed by atoms with Gasteiger partial charge in [-0.05, 0) is 12.8 Å². The Kier molecular flexibility index (Phi) is 6.65. The van der Waals surface area contributed by atoms with Gasteiger partial charge in [0.05, 0.1) is 24.6 Å². The summed E-state index contributed by atoms with van der Waals surface area (Å²) < 4.78 is 12.1. The summed E-state index contributed by atoms with van der Waals surface area (Å²) in [6.45, 7) is 5.12. The molecule has 0 aromatic carbocycles. The van der Waals surface area contributed by atoms with E-state index in [1.807, 2.05) is 17.9 Å². The first-order chi connectivity index (χ1) is 8.27. The van der Waals surface area contributed by atoms with E-state index in [0.717, 1.165) is 37.4 Å². The van der Waals surface area contributed by atoms with Crippen molar-refractivity contribution >= 4 is 5.69 Å². The second-order valence-corrected chi connectivity index (χ2v) is 3.90. The highest BCUT2D eigenvalue weighted by atomic mass is 16.5. The number of hydrogen-bond acceptors (Lipinski definition) is 4. The van der Waals surface area contributed by atoms with Gasteiger partial charge in [0, 0.05) is 33.5 Å². The van der Waals surface area contributed by atoms with Gasteiger partial charge in [-0.1, -0.05) is 6.92 Å². The maximum Gasteiger partial charge on any atom is 0.0853 e. The van der Waals surface area contributed by atoms with Crippen LogP contribution in [-0.4, -0.2) is 43.3 Å². The van der Waals surface area contributed by atoms with E-state index < -0.39 is 0 Å². The molecule has 0 bridgehead atoms. The van der Waals surface area contributed by atoms with E-state index in [1.165, 1.54) is 0 Å². The highest BCUT2D eigenvalue weighted by molar-refractivity contribution is 5.46. The predicted octanol–water partition coefficient (Wildman–Crippen LogP) is 1.45. The molecule has 0 atom stereocenters. The SMILES string of the molecule is CCc1nn(C)cc1NCCCOCCOC. The Morgan fingerprint density at radius 2 is 2.18 bits per heavy atom. The maximum atomic E-state index is 5.39. The highest BCUT2D eigenvalue weighted by Crippen LogP contribution is 2.13. The highest BCUT2D eigenvalue weighted by Gasteiger charge is 2.04. The van der Waals surface area contributed by atoms with E-state index in [4.69, 9.17) is 9.47 Å². The minimum absolute atomic E-state index is 0.663. The van der Waals surface area contributed by atoms with Gasteiger partial charge in [-0.2, -0.15) is 5.10 Å². The molecule has 0 radical (unpaired) electrons. The summed E-state index contributed by atoms with van der Waals surface area (Å²) in [5.74, 6) is 0. The van der Waals surface area contributed by atoms with Gasteiger partial charge in [-0.3, -0.25) is 4.68 Å². The Bertz CT molecular complexity index is 313. The molecule has 1 heterocycles. The standard InChI is InChI=1S/C12H23N3O2/c1-4-11-12(10-15(2)14-11)13-6-5-7-17-9-8-16-3/h10,13H,4-9H2,1-3H3. The number of rotatable bonds is 9. The molecule has 0 spiro atoms. The van der Waals surface area contributed by atoms with Crippen LogP contribution in [0.5, 0.6) is 0 Å². The van der Waals surface area contributed by atoms with Crippen molar-refractivity contribution in [3.63, 3.8) is 0 Å². The fourth-order valence-electron chi connectivity index (χ4n) is 1.58. The Balaban J connectivity index is 2.13. The average molecular weight is 241 g/mol. The fourth-order valence-corrected chi connectivity index (χ4v) is 1.58. The minimum atomic E-state index is 0.663. The number of nitrogens with zero attached hydrogens (tertiary/aromatic N) is 2. The van der Waals surface area contributed by atoms with Crippen molar-refractivity contribution in [2.45, 2.75) is 19.8 Å². The molecule has 5 nitrogen and oxygen atoms in total. The summed E-state index contributed by atoms with van der Waals surface area (Å²) in [6.07, 6.45) is 3.96. The summed E-state index contributed by atoms with van der Waals surface area (Å²) in [5.41, 5.74) is 2.25. The maximum absolute atomic E-state index is 5.39. The predicted molar refractivity (Wildman–Crippen MR) is 68.4 cm³/mol. The van der Waals surface area contributed by atoms with Crippen molar-refractivity contribution in [3.8, 4) is 0 Å². The lowest BCUT2D eigenvalue weighted by atomic mass is 10.3. The van der Waals surface area contributed by atoms with Crippen LogP contribution in [0.2, 0.25) is 0 Å². The first-order valence-corrected chi connectivity index (χ1v) is 6.11. The zero-order valence-corrected chi connectivity index (χ0v) is 11.0. The number of nitrogens with one attached hydrogen (secondary N) is 1. The lowest BCUT2D eigenvalue weighted by Crippen LogP contribution is -2.08. The zero-order chi connectivity index (χ0) is 12.5. The van der Waals surface area contributed by atoms with Crippen molar-refractivity contribution in [1.82, 2.24) is 9.78 Å². The summed E-state index contributed by atoms with van der Waals surface area (Å²) in [6, 6.07) is 0. The van der Waals surface area contributed by atoms with Crippen LogP contribution in [0.25, 0.3) is 0 Å². The van der Waals surface area contributed by atoms with Crippen molar-refractivity contribution < 1.29 is 9.47 Å². The van der Waals surface area contributed by atoms with Crippen molar-refractivity contribution in [2.24, 2.45) is 7.05 Å². The molecule has 0 aliphatic carbocycles. The van der Waals surface area contributed by atoms with Crippen LogP contribution < -0.4 is 5.32 Å². The van der Waals surface area contributed by atoms with Crippen molar-refractivity contribution in [3.05, 3.63) is 11.9 Å². The molecule has 0 aliphatic rings. The zero-order valence-electron chi connectivity index (χ0n) is 11.0. The molecule has 98 valence electrons. The first kappa shape index (κ1) is 14.0. The smallest absolute Gasteiger partial charge is 0.0853 e. The molecule has 5 heteroatoms. The van der Waals surface area contributed by atoms with Crippen molar-refractivity contribution in [2.75, 3.05) is 38.8 Å². The van der Waals surface area contributed by atoms with Gasteiger partial charge in [0.1, 0.15) is 0 Å². The molecule has 0 saturated carbocycles. The molecule has 1 rings (SSSR count). The minimum Gasteiger partial charge on any atom is -0.382 e. The second kappa shape index (κ2) is 8.08. The molecule has 0 saturated heterocycles. The third-order valence-electron chi connectivity index (χ3n) is 2.45.